The molecule has 13 N–H and O–H groups in total. The number of hydrogen-bond acceptors (Lipinski definition) is 20. The van der Waals surface area contributed by atoms with Crippen molar-refractivity contribution in [3.63, 3.8) is 0 Å². The van der Waals surface area contributed by atoms with E-state index >= 15 is 0 Å². The topological polar surface area (TPSA) is 465 Å². The van der Waals surface area contributed by atoms with E-state index in [0.717, 1.165) is 23.7 Å². The Morgan fingerprint density at radius 2 is 1.04 bits per heavy atom. The molecule has 1 fully saturated rings. The minimum absolute atomic E-state index is 0. The molecule has 0 saturated carbocycles. The average molecular weight is 1640 g/mol. The van der Waals surface area contributed by atoms with Crippen LogP contribution in [0.15, 0.2) is 97.6 Å². The molecule has 3 aromatic carbocycles. The Morgan fingerprint density at radius 1 is 0.518 bits per heavy atom. The number of hydrogen-bond donors (Lipinski definition) is 12. The van der Waals surface area contributed by atoms with Gasteiger partial charge >= 0.3 is 37.7 Å². The zero-order chi connectivity index (χ0) is 82.7. The maximum atomic E-state index is 14.8. The van der Waals surface area contributed by atoms with E-state index in [-0.39, 0.29) is 174 Å². The van der Waals surface area contributed by atoms with Crippen LogP contribution in [-0.2, 0) is 97.7 Å². The van der Waals surface area contributed by atoms with Crippen molar-refractivity contribution < 1.29 is 87.2 Å². The number of ether oxygens (including phenoxy) is 1. The second kappa shape index (κ2) is 49.1. The molecule has 114 heavy (non-hydrogen) atoms. The maximum absolute atomic E-state index is 14.8. The zero-order valence-corrected chi connectivity index (χ0v) is 65.9. The number of nitrogens with two attached hydrogens (primary N) is 1. The van der Waals surface area contributed by atoms with Gasteiger partial charge in [0.2, 0.25) is 41.4 Å². The van der Waals surface area contributed by atoms with Gasteiger partial charge in [-0.1, -0.05) is 109 Å². The molecule has 7 amide bonds. The molecule has 0 aliphatic carbocycles. The summed E-state index contributed by atoms with van der Waals surface area (Å²) in [6.07, 6.45) is 4.69. The van der Waals surface area contributed by atoms with Crippen molar-refractivity contribution in [3.05, 3.63) is 120 Å². The first-order valence-corrected chi connectivity index (χ1v) is 38.7. The number of Topliss-reactive ketones (excluding diaryl/α,β-unsaturated/α-hetero) is 4. The van der Waals surface area contributed by atoms with Crippen LogP contribution in [0.4, 0.5) is 5.69 Å². The first kappa shape index (κ1) is 94.8. The summed E-state index contributed by atoms with van der Waals surface area (Å²) in [4.78, 5) is 204. The molecule has 2 aromatic heterocycles. The van der Waals surface area contributed by atoms with Crippen LogP contribution in [0.3, 0.4) is 0 Å². The van der Waals surface area contributed by atoms with Gasteiger partial charge < -0.3 is 67.7 Å². The van der Waals surface area contributed by atoms with Crippen LogP contribution in [0.1, 0.15) is 129 Å². The average Bonchev–Trinajstić information content (AvgIpc) is 1.65. The number of carbonyl (C=O) groups excluding carboxylic acids is 11. The first-order valence-electron chi connectivity index (χ1n) is 38.7. The van der Waals surface area contributed by atoms with E-state index in [2.05, 4.69) is 74.5 Å². The summed E-state index contributed by atoms with van der Waals surface area (Å²) >= 11 is 0. The molecule has 6 atom stereocenters. The molecule has 1 aliphatic heterocycles. The van der Waals surface area contributed by atoms with Crippen molar-refractivity contribution in [2.75, 3.05) is 97.1 Å². The minimum atomic E-state index is -1.31. The summed E-state index contributed by atoms with van der Waals surface area (Å²) < 4.78 is 5.50. The number of rotatable bonds is 48. The molecule has 0 radical (unpaired) electrons. The number of amides is 7. The number of aromatic nitrogens is 3. The van der Waals surface area contributed by atoms with Gasteiger partial charge in [0.25, 0.3) is 0 Å². The van der Waals surface area contributed by atoms with Crippen LogP contribution in [0, 0.1) is 35.5 Å². The van der Waals surface area contributed by atoms with E-state index in [1.807, 2.05) is 18.2 Å². The number of imidazole rings is 1. The number of H-pyrrole nitrogens is 2. The van der Waals surface area contributed by atoms with Gasteiger partial charge in [-0.2, -0.15) is 0 Å². The Bertz CT molecular complexity index is 3950. The van der Waals surface area contributed by atoms with Gasteiger partial charge in [0.1, 0.15) is 13.2 Å². The van der Waals surface area contributed by atoms with Crippen molar-refractivity contribution in [3.8, 4) is 0 Å². The Kier molecular flexibility index (Phi) is 40.8. The molecule has 0 bridgehead atoms. The first-order chi connectivity index (χ1) is 53.7. The van der Waals surface area contributed by atoms with E-state index in [9.17, 15) is 82.4 Å². The molecule has 3 heterocycles. The Hall–Kier alpha value is -9.77. The van der Waals surface area contributed by atoms with Gasteiger partial charge in [0.05, 0.1) is 56.7 Å². The summed E-state index contributed by atoms with van der Waals surface area (Å²) in [5.74, 6) is -11.5. The van der Waals surface area contributed by atoms with Crippen LogP contribution in [-0.4, -0.2) is 268 Å². The van der Waals surface area contributed by atoms with Crippen molar-refractivity contribution in [2.24, 2.45) is 41.2 Å². The second-order valence-corrected chi connectivity index (χ2v) is 30.6. The van der Waals surface area contributed by atoms with Gasteiger partial charge in [-0.15, -0.1) is 0 Å². The number of aliphatic carboxylic acids is 3. The van der Waals surface area contributed by atoms with Crippen molar-refractivity contribution in [1.82, 2.24) is 61.1 Å². The molecule has 32 nitrogen and oxygen atoms in total. The van der Waals surface area contributed by atoms with Crippen molar-refractivity contribution in [2.45, 2.75) is 156 Å². The molecule has 33 heteroatoms. The summed E-state index contributed by atoms with van der Waals surface area (Å²) in [7, 11) is 0. The van der Waals surface area contributed by atoms with E-state index in [1.54, 1.807) is 107 Å². The summed E-state index contributed by atoms with van der Waals surface area (Å²) in [6.45, 7) is 13.0. The predicted molar refractivity (Wildman–Crippen MR) is 430 cm³/mol. The third-order valence-corrected chi connectivity index (χ3v) is 19.6. The number of primary amides is 1. The number of nitrogens with one attached hydrogen (secondary N) is 8. The van der Waals surface area contributed by atoms with Gasteiger partial charge in [0, 0.05) is 157 Å². The zero-order valence-electron chi connectivity index (χ0n) is 65.9. The van der Waals surface area contributed by atoms with Crippen LogP contribution < -0.4 is 37.6 Å². The van der Waals surface area contributed by atoms with E-state index in [1.165, 1.54) is 13.3 Å². The molecular weight excluding hydrogens is 1530 g/mol. The number of aromatic amines is 2. The standard InChI is InChI=1S/C81H114N14O18.Ga.3H/c1-51(2)33-57(34-52(3)4)37-69(98)66(40-61-43-83-50-86-61)88-72(101)24-22-67(96)79(53(5)6)91-80(111)54(7)35-68(97)65(38-59-42-84-63-16-12-11-15-62(59)63)90-81(112)58(19-23-71(82)100)39-70(99)64(36-55-13-9-8-10-14-55)89-75(104)49-113-48-74(103)87-60-20-17-56(18-21-60)41-85-73(102)44-92-25-27-93(45-76(105)106)29-31-95(47-78(109)110)32-30-94(28-26-92)46-77(107)108;;;;/h8-18,20-21,42-43,50-54,57-58,64-66,79,84H,19,22-41,44-49H2,1-7H3,(H2,82,100)(H,83,86)(H,85,102)(H,87,103)(H,88,101)(H,89,104)(H,90,112)(H,91,111)(H,105,106)(H,107,108)(H,109,110);;;;/t54-,58-,64-,65+,66+,79+;;;;/m1..../s1. The van der Waals surface area contributed by atoms with Gasteiger partial charge in [-0.25, -0.2) is 4.98 Å². The molecule has 6 rings (SSSR count). The molecule has 0 spiro atoms. The Labute approximate surface area is 678 Å². The normalized spacial score (nSPS) is 15.0. The fourth-order valence-corrected chi connectivity index (χ4v) is 13.8. The number of ketones is 4. The van der Waals surface area contributed by atoms with Gasteiger partial charge in [0.15, 0.2) is 23.1 Å². The number of benzene rings is 3. The predicted octanol–water partition coefficient (Wildman–Crippen LogP) is 2.53. The third kappa shape index (κ3) is 35.3. The van der Waals surface area contributed by atoms with Crippen molar-refractivity contribution >= 4 is 119 Å². The Morgan fingerprint density at radius 3 is 1.60 bits per heavy atom. The van der Waals surface area contributed by atoms with Crippen LogP contribution in [0.25, 0.3) is 10.9 Å². The number of carboxylic acid groups (broad SMARTS) is 3. The molecule has 1 aliphatic rings. The Balaban J connectivity index is 0.0000232. The van der Waals surface area contributed by atoms with Crippen LogP contribution >= 0.6 is 0 Å². The molecule has 1 saturated heterocycles. The summed E-state index contributed by atoms with van der Waals surface area (Å²) in [6, 6.07) is 17.9. The molecular formula is C81H117GaN14O18. The quantitative estimate of drug-likeness (QED) is 0.0249. The second-order valence-electron chi connectivity index (χ2n) is 30.6. The fraction of sp³-hybridized carbons (Fsp3) is 0.543. The number of fused-ring (bicyclic) bond motifs is 1. The SMILES string of the molecule is CC(C)CC(CC(=O)[C@H](Cc1cnc[nH]1)NC(=O)CCC(=O)[C@@H](NC(=O)[C@H](C)CC(=O)[C@H](Cc1c[nH]c2ccccc12)NC(=O)[C@H](CCC(N)=O)CC(=O)[C@@H](Cc1ccccc1)NC(=O)COCC(=O)Nc1ccc(CNC(=O)CN2CCN(CC(=O)O)CCN(CC(=O)O)CCN(CC(=O)O)CC2)cc1)C(C)C)CC(C)C.[GaH3]. The number of carboxylic acids is 3. The molecule has 5 aromatic rings. The van der Waals surface area contributed by atoms with Gasteiger partial charge in [-0.3, -0.25) is 86.7 Å². The van der Waals surface area contributed by atoms with Gasteiger partial charge in [-0.05, 0) is 84.2 Å². The summed E-state index contributed by atoms with van der Waals surface area (Å²) in [5, 5.41) is 46.1. The van der Waals surface area contributed by atoms with Crippen LogP contribution in [0.2, 0.25) is 0 Å². The van der Waals surface area contributed by atoms with E-state index in [4.69, 9.17) is 10.5 Å². The number of anilines is 1. The summed E-state index contributed by atoms with van der Waals surface area (Å²) in [5.41, 5.74) is 9.29. The van der Waals surface area contributed by atoms with Crippen molar-refractivity contribution in [1.29, 1.82) is 0 Å². The van der Waals surface area contributed by atoms with E-state index in [0.29, 0.717) is 39.9 Å². The number of carbonyl (C=O) groups is 14. The van der Waals surface area contributed by atoms with Crippen LogP contribution in [0.5, 0.6) is 0 Å². The van der Waals surface area contributed by atoms with E-state index < -0.39 is 139 Å². The number of para-hydroxylation sites is 1. The molecule has 0 unspecified atom stereocenters. The fourth-order valence-electron chi connectivity index (χ4n) is 13.8. The number of nitrogens with zero attached hydrogens (tertiary/aromatic N) is 5. The monoisotopic (exact) mass is 1640 g/mol. The third-order valence-electron chi connectivity index (χ3n) is 19.6. The molecule has 622 valence electrons.